The van der Waals surface area contributed by atoms with Gasteiger partial charge in [0, 0.05) is 24.5 Å². The van der Waals surface area contributed by atoms with Crippen LogP contribution in [0.15, 0.2) is 53.7 Å². The maximum absolute atomic E-state index is 12.7. The molecule has 0 saturated carbocycles. The lowest BCUT2D eigenvalue weighted by molar-refractivity contribution is 0.0948. The number of carbonyl (C=O) groups excluding carboxylic acids is 1. The molecule has 2 N–H and O–H groups in total. The Hall–Kier alpha value is -3.94. The number of aromatic nitrogens is 4. The molecule has 3 heterocycles. The number of hydrogen-bond acceptors (Lipinski definition) is 6. The molecule has 0 saturated heterocycles. The standard InChI is InChI=1S/C20H17N5O3/c1-27-19-15(20(26)23-10-13-6-9-28-12-13)3-5-17-18(19)16(24-25-17)4-2-14-11-21-7-8-22-14/h2-9,11-12H,10H2,1H3,(H,23,26)(H,24,25)/b4-2+. The summed E-state index contributed by atoms with van der Waals surface area (Å²) in [5, 5.41) is 10.9. The molecule has 8 heteroatoms. The molecule has 28 heavy (non-hydrogen) atoms. The molecule has 8 nitrogen and oxygen atoms in total. The summed E-state index contributed by atoms with van der Waals surface area (Å²) in [4.78, 5) is 20.9. The number of methoxy groups -OCH3 is 1. The van der Waals surface area contributed by atoms with Gasteiger partial charge in [0.05, 0.1) is 53.7 Å². The van der Waals surface area contributed by atoms with E-state index in [4.69, 9.17) is 9.15 Å². The number of H-pyrrole nitrogens is 1. The molecule has 0 aliphatic carbocycles. The topological polar surface area (TPSA) is 106 Å². The monoisotopic (exact) mass is 375 g/mol. The van der Waals surface area contributed by atoms with Crippen molar-refractivity contribution in [1.29, 1.82) is 0 Å². The first kappa shape index (κ1) is 17.5. The van der Waals surface area contributed by atoms with E-state index in [2.05, 4.69) is 25.5 Å². The number of nitrogens with zero attached hydrogens (tertiary/aromatic N) is 3. The van der Waals surface area contributed by atoms with Crippen LogP contribution in [0.4, 0.5) is 0 Å². The maximum atomic E-state index is 12.7. The van der Waals surface area contributed by atoms with Crippen LogP contribution in [0.25, 0.3) is 23.1 Å². The van der Waals surface area contributed by atoms with Gasteiger partial charge in [-0.3, -0.25) is 19.9 Å². The Morgan fingerprint density at radius 2 is 2.21 bits per heavy atom. The summed E-state index contributed by atoms with van der Waals surface area (Å²) < 4.78 is 10.6. The highest BCUT2D eigenvalue weighted by atomic mass is 16.5. The van der Waals surface area contributed by atoms with E-state index in [0.717, 1.165) is 16.5 Å². The second kappa shape index (κ2) is 7.75. The molecule has 0 bridgehead atoms. The van der Waals surface area contributed by atoms with E-state index in [1.807, 2.05) is 0 Å². The van der Waals surface area contributed by atoms with Crippen molar-refractivity contribution in [2.24, 2.45) is 0 Å². The summed E-state index contributed by atoms with van der Waals surface area (Å²) in [6.45, 7) is 0.362. The van der Waals surface area contributed by atoms with E-state index in [9.17, 15) is 4.79 Å². The predicted molar refractivity (Wildman–Crippen MR) is 103 cm³/mol. The average Bonchev–Trinajstić information content (AvgIpc) is 3.40. The fraction of sp³-hybridized carbons (Fsp3) is 0.100. The highest BCUT2D eigenvalue weighted by Crippen LogP contribution is 2.32. The second-order valence-electron chi connectivity index (χ2n) is 5.96. The Balaban J connectivity index is 1.66. The van der Waals surface area contributed by atoms with Crippen molar-refractivity contribution < 1.29 is 13.9 Å². The second-order valence-corrected chi connectivity index (χ2v) is 5.96. The fourth-order valence-corrected chi connectivity index (χ4v) is 2.85. The summed E-state index contributed by atoms with van der Waals surface area (Å²) in [6.07, 6.45) is 11.6. The molecule has 4 aromatic rings. The van der Waals surface area contributed by atoms with E-state index < -0.39 is 0 Å². The van der Waals surface area contributed by atoms with Crippen LogP contribution in [0, 0.1) is 0 Å². The highest BCUT2D eigenvalue weighted by Gasteiger charge is 2.18. The normalized spacial score (nSPS) is 11.2. The van der Waals surface area contributed by atoms with Crippen LogP contribution in [0.3, 0.4) is 0 Å². The third-order valence-corrected chi connectivity index (χ3v) is 4.19. The number of furan rings is 1. The van der Waals surface area contributed by atoms with E-state index in [0.29, 0.717) is 29.2 Å². The molecule has 1 aromatic carbocycles. The Labute approximate surface area is 160 Å². The van der Waals surface area contributed by atoms with Crippen molar-refractivity contribution in [1.82, 2.24) is 25.5 Å². The van der Waals surface area contributed by atoms with Gasteiger partial charge in [0.25, 0.3) is 5.91 Å². The number of aromatic amines is 1. The summed E-state index contributed by atoms with van der Waals surface area (Å²) in [6, 6.07) is 5.31. The minimum Gasteiger partial charge on any atom is -0.495 e. The number of fused-ring (bicyclic) bond motifs is 1. The van der Waals surface area contributed by atoms with Gasteiger partial charge in [0.2, 0.25) is 0 Å². The molecule has 3 aromatic heterocycles. The van der Waals surface area contributed by atoms with Crippen LogP contribution < -0.4 is 10.1 Å². The number of rotatable bonds is 6. The fourth-order valence-electron chi connectivity index (χ4n) is 2.85. The number of hydrogen-bond donors (Lipinski definition) is 2. The molecule has 0 unspecified atom stereocenters. The van der Waals surface area contributed by atoms with Crippen molar-refractivity contribution >= 4 is 29.0 Å². The Morgan fingerprint density at radius 1 is 1.29 bits per heavy atom. The van der Waals surface area contributed by atoms with Gasteiger partial charge in [0.15, 0.2) is 0 Å². The van der Waals surface area contributed by atoms with Gasteiger partial charge in [-0.2, -0.15) is 5.10 Å². The quantitative estimate of drug-likeness (QED) is 0.536. The van der Waals surface area contributed by atoms with Crippen LogP contribution >= 0.6 is 0 Å². The zero-order valence-electron chi connectivity index (χ0n) is 15.0. The molecule has 0 spiro atoms. The Kier molecular flexibility index (Phi) is 4.83. The predicted octanol–water partition coefficient (Wildman–Crippen LogP) is 3.05. The summed E-state index contributed by atoms with van der Waals surface area (Å²) in [5.74, 6) is 0.208. The van der Waals surface area contributed by atoms with Gasteiger partial charge >= 0.3 is 0 Å². The van der Waals surface area contributed by atoms with Gasteiger partial charge in [0.1, 0.15) is 5.75 Å². The van der Waals surface area contributed by atoms with Crippen molar-refractivity contribution in [3.63, 3.8) is 0 Å². The third kappa shape index (κ3) is 3.48. The number of nitrogens with one attached hydrogen (secondary N) is 2. The first-order valence-electron chi connectivity index (χ1n) is 8.54. The zero-order chi connectivity index (χ0) is 19.3. The van der Waals surface area contributed by atoms with Gasteiger partial charge in [-0.25, -0.2) is 0 Å². The number of carbonyl (C=O) groups is 1. The SMILES string of the molecule is COc1c(C(=O)NCc2ccoc2)ccc2[nH]nc(/C=C/c3cnccn3)c12. The van der Waals surface area contributed by atoms with E-state index in [1.165, 1.54) is 7.11 Å². The molecule has 4 rings (SSSR count). The smallest absolute Gasteiger partial charge is 0.255 e. The maximum Gasteiger partial charge on any atom is 0.255 e. The van der Waals surface area contributed by atoms with Gasteiger partial charge in [-0.15, -0.1) is 0 Å². The van der Waals surface area contributed by atoms with Crippen LogP contribution in [-0.4, -0.2) is 33.2 Å². The average molecular weight is 375 g/mol. The molecule has 0 radical (unpaired) electrons. The lowest BCUT2D eigenvalue weighted by atomic mass is 10.1. The number of amides is 1. The summed E-state index contributed by atoms with van der Waals surface area (Å²) >= 11 is 0. The lowest BCUT2D eigenvalue weighted by Crippen LogP contribution is -2.23. The summed E-state index contributed by atoms with van der Waals surface area (Å²) in [5.41, 5.74) is 3.41. The third-order valence-electron chi connectivity index (χ3n) is 4.19. The first-order valence-corrected chi connectivity index (χ1v) is 8.54. The molecular formula is C20H17N5O3. The van der Waals surface area contributed by atoms with Crippen LogP contribution in [0.2, 0.25) is 0 Å². The van der Waals surface area contributed by atoms with Crippen molar-refractivity contribution in [2.75, 3.05) is 7.11 Å². The largest absolute Gasteiger partial charge is 0.495 e. The van der Waals surface area contributed by atoms with E-state index >= 15 is 0 Å². The molecule has 0 atom stereocenters. The van der Waals surface area contributed by atoms with Gasteiger partial charge in [-0.05, 0) is 30.4 Å². The molecule has 0 fully saturated rings. The van der Waals surface area contributed by atoms with Crippen molar-refractivity contribution in [3.8, 4) is 5.75 Å². The molecule has 0 aliphatic rings. The van der Waals surface area contributed by atoms with Crippen molar-refractivity contribution in [3.05, 3.63) is 71.8 Å². The Bertz CT molecular complexity index is 1120. The zero-order valence-corrected chi connectivity index (χ0v) is 15.0. The minimum atomic E-state index is -0.245. The molecule has 140 valence electrons. The van der Waals surface area contributed by atoms with Crippen LogP contribution in [0.1, 0.15) is 27.3 Å². The van der Waals surface area contributed by atoms with Gasteiger partial charge in [-0.1, -0.05) is 0 Å². The highest BCUT2D eigenvalue weighted by molar-refractivity contribution is 6.05. The lowest BCUT2D eigenvalue weighted by Gasteiger charge is -2.10. The van der Waals surface area contributed by atoms with E-state index in [-0.39, 0.29) is 5.91 Å². The molecule has 0 aliphatic heterocycles. The first-order chi connectivity index (χ1) is 13.8. The van der Waals surface area contributed by atoms with Crippen LogP contribution in [0.5, 0.6) is 5.75 Å². The Morgan fingerprint density at radius 3 is 2.96 bits per heavy atom. The number of benzene rings is 1. The molecule has 1 amide bonds. The minimum absolute atomic E-state index is 0.245. The van der Waals surface area contributed by atoms with E-state index in [1.54, 1.807) is 61.5 Å². The molecular weight excluding hydrogens is 358 g/mol. The van der Waals surface area contributed by atoms with Crippen LogP contribution in [-0.2, 0) is 6.54 Å². The van der Waals surface area contributed by atoms with Crippen molar-refractivity contribution in [2.45, 2.75) is 6.54 Å². The number of ether oxygens (including phenoxy) is 1. The summed E-state index contributed by atoms with van der Waals surface area (Å²) in [7, 11) is 1.53. The van der Waals surface area contributed by atoms with Gasteiger partial charge < -0.3 is 14.5 Å².